The van der Waals surface area contributed by atoms with Gasteiger partial charge >= 0.3 is 0 Å². The standard InChI is InChI=1S/C25H28N4O6/c1-13-20-21(14-7-9-16(32-3)18(11-14)34-5)22(25(31)27-23(20)29(2)28-13)26-24(30)15-8-10-17(33-4)19(12-15)35-6/h7-12,21-22H,1-6H3,(H,26,30)(H,27,31)/t21-,22+/m1/s1. The number of ether oxygens (including phenoxy) is 4. The smallest absolute Gasteiger partial charge is 0.252 e. The van der Waals surface area contributed by atoms with E-state index in [0.29, 0.717) is 34.4 Å². The lowest BCUT2D eigenvalue weighted by Gasteiger charge is -2.33. The molecule has 0 unspecified atom stereocenters. The van der Waals surface area contributed by atoms with Gasteiger partial charge in [0, 0.05) is 24.1 Å². The van der Waals surface area contributed by atoms with Gasteiger partial charge in [0.2, 0.25) is 5.91 Å². The van der Waals surface area contributed by atoms with Crippen molar-refractivity contribution in [2.45, 2.75) is 18.9 Å². The molecule has 10 heteroatoms. The van der Waals surface area contributed by atoms with Gasteiger partial charge in [0.25, 0.3) is 5.91 Å². The Hall–Kier alpha value is -4.21. The third-order valence-corrected chi connectivity index (χ3v) is 6.14. The van der Waals surface area contributed by atoms with Crippen molar-refractivity contribution in [2.24, 2.45) is 7.05 Å². The summed E-state index contributed by atoms with van der Waals surface area (Å²) in [6.45, 7) is 1.87. The van der Waals surface area contributed by atoms with Crippen LogP contribution in [0.25, 0.3) is 0 Å². The zero-order valence-electron chi connectivity index (χ0n) is 20.5. The minimum absolute atomic E-state index is 0.329. The molecule has 0 radical (unpaired) electrons. The van der Waals surface area contributed by atoms with E-state index in [2.05, 4.69) is 15.7 Å². The number of rotatable bonds is 7. The first-order valence-corrected chi connectivity index (χ1v) is 10.9. The average molecular weight is 481 g/mol. The molecule has 0 saturated heterocycles. The highest BCUT2D eigenvalue weighted by molar-refractivity contribution is 6.04. The molecule has 0 saturated carbocycles. The SMILES string of the molecule is COc1ccc(C(=O)N[C@@H]2C(=O)Nc3c(c(C)nn3C)[C@H]2c2ccc(OC)c(OC)c2)cc1OC. The Bertz CT molecular complexity index is 1290. The summed E-state index contributed by atoms with van der Waals surface area (Å²) in [6, 6.07) is 9.36. The highest BCUT2D eigenvalue weighted by Crippen LogP contribution is 2.42. The summed E-state index contributed by atoms with van der Waals surface area (Å²) in [7, 11) is 7.88. The van der Waals surface area contributed by atoms with Gasteiger partial charge in [-0.25, -0.2) is 0 Å². The maximum atomic E-state index is 13.3. The number of nitrogens with one attached hydrogen (secondary N) is 2. The first-order chi connectivity index (χ1) is 16.8. The Balaban J connectivity index is 1.78. The molecular formula is C25H28N4O6. The number of fused-ring (bicyclic) bond motifs is 1. The van der Waals surface area contributed by atoms with Crippen LogP contribution in [0.15, 0.2) is 36.4 Å². The van der Waals surface area contributed by atoms with Crippen molar-refractivity contribution in [1.82, 2.24) is 15.1 Å². The highest BCUT2D eigenvalue weighted by atomic mass is 16.5. The number of aromatic nitrogens is 2. The molecule has 1 aliphatic heterocycles. The number of methoxy groups -OCH3 is 4. The topological polar surface area (TPSA) is 113 Å². The zero-order valence-corrected chi connectivity index (χ0v) is 20.5. The van der Waals surface area contributed by atoms with Crippen LogP contribution < -0.4 is 29.6 Å². The van der Waals surface area contributed by atoms with Crippen LogP contribution in [-0.2, 0) is 11.8 Å². The average Bonchev–Trinajstić information content (AvgIpc) is 3.15. The van der Waals surface area contributed by atoms with Gasteiger partial charge in [0.1, 0.15) is 11.9 Å². The van der Waals surface area contributed by atoms with Crippen molar-refractivity contribution in [1.29, 1.82) is 0 Å². The van der Waals surface area contributed by atoms with Gasteiger partial charge in [-0.3, -0.25) is 14.3 Å². The van der Waals surface area contributed by atoms with E-state index in [9.17, 15) is 9.59 Å². The minimum Gasteiger partial charge on any atom is -0.493 e. The van der Waals surface area contributed by atoms with Gasteiger partial charge in [-0.1, -0.05) is 6.07 Å². The van der Waals surface area contributed by atoms with Crippen molar-refractivity contribution in [3.8, 4) is 23.0 Å². The van der Waals surface area contributed by atoms with E-state index in [0.717, 1.165) is 16.8 Å². The molecule has 2 amide bonds. The van der Waals surface area contributed by atoms with Crippen LogP contribution >= 0.6 is 0 Å². The van der Waals surface area contributed by atoms with Gasteiger partial charge in [0.15, 0.2) is 23.0 Å². The van der Waals surface area contributed by atoms with Crippen LogP contribution in [0.1, 0.15) is 33.1 Å². The summed E-state index contributed by atoms with van der Waals surface area (Å²) in [6.07, 6.45) is 0. The van der Waals surface area contributed by atoms with Gasteiger partial charge < -0.3 is 29.6 Å². The first kappa shape index (κ1) is 23.9. The normalized spacial score (nSPS) is 16.7. The monoisotopic (exact) mass is 480 g/mol. The summed E-state index contributed by atoms with van der Waals surface area (Å²) in [4.78, 5) is 26.6. The lowest BCUT2D eigenvalue weighted by molar-refractivity contribution is -0.118. The maximum absolute atomic E-state index is 13.3. The quantitative estimate of drug-likeness (QED) is 0.535. The van der Waals surface area contributed by atoms with Crippen molar-refractivity contribution < 1.29 is 28.5 Å². The lowest BCUT2D eigenvalue weighted by Crippen LogP contribution is -2.50. The van der Waals surface area contributed by atoms with E-state index in [1.54, 1.807) is 50.2 Å². The van der Waals surface area contributed by atoms with Gasteiger partial charge in [-0.05, 0) is 42.8 Å². The fourth-order valence-electron chi connectivity index (χ4n) is 4.46. The predicted octanol–water partition coefficient (Wildman–Crippen LogP) is 2.65. The molecule has 0 aliphatic carbocycles. The van der Waals surface area contributed by atoms with Crippen LogP contribution in [0.2, 0.25) is 0 Å². The largest absolute Gasteiger partial charge is 0.493 e. The fraction of sp³-hybridized carbons (Fsp3) is 0.320. The molecule has 1 aromatic heterocycles. The van der Waals surface area contributed by atoms with Gasteiger partial charge in [0.05, 0.1) is 34.1 Å². The number of carbonyl (C=O) groups is 2. The predicted molar refractivity (Wildman–Crippen MR) is 129 cm³/mol. The lowest BCUT2D eigenvalue weighted by atomic mass is 9.81. The second-order valence-electron chi connectivity index (χ2n) is 8.07. The van der Waals surface area contributed by atoms with E-state index in [4.69, 9.17) is 18.9 Å². The molecule has 3 aromatic rings. The summed E-state index contributed by atoms with van der Waals surface area (Å²) in [5.41, 5.74) is 2.66. The molecule has 1 aliphatic rings. The molecule has 0 spiro atoms. The van der Waals surface area contributed by atoms with Crippen LogP contribution in [0.4, 0.5) is 5.82 Å². The molecule has 2 aromatic carbocycles. The van der Waals surface area contributed by atoms with Crippen molar-refractivity contribution in [3.63, 3.8) is 0 Å². The molecule has 2 heterocycles. The second-order valence-corrected chi connectivity index (χ2v) is 8.07. The van der Waals surface area contributed by atoms with Crippen molar-refractivity contribution in [3.05, 3.63) is 58.8 Å². The molecule has 35 heavy (non-hydrogen) atoms. The Morgan fingerprint density at radius 2 is 1.54 bits per heavy atom. The van der Waals surface area contributed by atoms with Crippen LogP contribution in [-0.4, -0.2) is 56.1 Å². The van der Waals surface area contributed by atoms with Gasteiger partial charge in [-0.2, -0.15) is 5.10 Å². The molecule has 0 bridgehead atoms. The zero-order chi connectivity index (χ0) is 25.3. The number of amides is 2. The number of anilines is 1. The number of nitrogens with zero attached hydrogens (tertiary/aromatic N) is 2. The number of benzene rings is 2. The molecule has 0 fully saturated rings. The Morgan fingerprint density at radius 1 is 0.943 bits per heavy atom. The van der Waals surface area contributed by atoms with E-state index in [-0.39, 0.29) is 5.91 Å². The molecule has 2 atom stereocenters. The summed E-state index contributed by atoms with van der Waals surface area (Å²) in [5.74, 6) is 1.28. The van der Waals surface area contributed by atoms with E-state index < -0.39 is 17.9 Å². The number of hydrogen-bond donors (Lipinski definition) is 2. The van der Waals surface area contributed by atoms with Crippen molar-refractivity contribution >= 4 is 17.6 Å². The molecule has 10 nitrogen and oxygen atoms in total. The third-order valence-electron chi connectivity index (χ3n) is 6.14. The fourth-order valence-corrected chi connectivity index (χ4v) is 4.46. The molecular weight excluding hydrogens is 452 g/mol. The van der Waals surface area contributed by atoms with E-state index in [1.165, 1.54) is 14.2 Å². The summed E-state index contributed by atoms with van der Waals surface area (Å²) in [5, 5.41) is 10.3. The maximum Gasteiger partial charge on any atom is 0.252 e. The van der Waals surface area contributed by atoms with Crippen LogP contribution in [0.3, 0.4) is 0 Å². The number of hydrogen-bond acceptors (Lipinski definition) is 7. The Morgan fingerprint density at radius 3 is 2.17 bits per heavy atom. The Kier molecular flexibility index (Phi) is 6.54. The number of aryl methyl sites for hydroxylation is 2. The molecule has 4 rings (SSSR count). The summed E-state index contributed by atoms with van der Waals surface area (Å²) >= 11 is 0. The van der Waals surface area contributed by atoms with E-state index >= 15 is 0 Å². The first-order valence-electron chi connectivity index (χ1n) is 10.9. The van der Waals surface area contributed by atoms with Gasteiger partial charge in [-0.15, -0.1) is 0 Å². The van der Waals surface area contributed by atoms with Crippen molar-refractivity contribution in [2.75, 3.05) is 33.8 Å². The minimum atomic E-state index is -0.913. The highest BCUT2D eigenvalue weighted by Gasteiger charge is 2.41. The van der Waals surface area contributed by atoms with Crippen LogP contribution in [0, 0.1) is 6.92 Å². The Labute approximate surface area is 203 Å². The number of carbonyl (C=O) groups excluding carboxylic acids is 2. The summed E-state index contributed by atoms with van der Waals surface area (Å²) < 4.78 is 23.1. The molecule has 2 N–H and O–H groups in total. The van der Waals surface area contributed by atoms with Crippen LogP contribution in [0.5, 0.6) is 23.0 Å². The van der Waals surface area contributed by atoms with E-state index in [1.807, 2.05) is 19.1 Å². The third kappa shape index (κ3) is 4.23. The second kappa shape index (κ2) is 9.57. The molecule has 184 valence electrons.